The molecule has 3 heterocycles. The second-order valence-corrected chi connectivity index (χ2v) is 9.14. The van der Waals surface area contributed by atoms with E-state index in [1.54, 1.807) is 0 Å². The highest BCUT2D eigenvalue weighted by molar-refractivity contribution is 5.81. The van der Waals surface area contributed by atoms with Gasteiger partial charge < -0.3 is 15.0 Å². The van der Waals surface area contributed by atoms with Crippen LogP contribution in [-0.4, -0.2) is 40.2 Å². The van der Waals surface area contributed by atoms with Crippen LogP contribution in [0, 0.1) is 11.8 Å². The monoisotopic (exact) mass is 443 g/mol. The summed E-state index contributed by atoms with van der Waals surface area (Å²) in [6.07, 6.45) is 0. The number of aromatic nitrogens is 1. The van der Waals surface area contributed by atoms with Crippen molar-refractivity contribution in [2.75, 3.05) is 13.7 Å². The number of nitrogens with zero attached hydrogens (tertiary/aromatic N) is 2. The summed E-state index contributed by atoms with van der Waals surface area (Å²) in [6, 6.07) is 22.8. The Labute approximate surface area is 193 Å². The molecule has 0 unspecified atom stereocenters. The number of hydrogen-bond acceptors (Lipinski definition) is 4. The summed E-state index contributed by atoms with van der Waals surface area (Å²) in [4.78, 5) is 29.2. The minimum atomic E-state index is -0.438. The number of hydrogen-bond donors (Lipinski definition) is 2. The van der Waals surface area contributed by atoms with E-state index in [4.69, 9.17) is 0 Å². The highest BCUT2D eigenvalue weighted by Gasteiger charge is 2.54. The van der Waals surface area contributed by atoms with Crippen LogP contribution in [0.15, 0.2) is 77.6 Å². The van der Waals surface area contributed by atoms with Crippen molar-refractivity contribution in [1.29, 1.82) is 0 Å². The van der Waals surface area contributed by atoms with Crippen LogP contribution in [0.4, 0.5) is 0 Å². The van der Waals surface area contributed by atoms with Gasteiger partial charge in [-0.1, -0.05) is 60.7 Å². The molecule has 0 saturated carbocycles. The van der Waals surface area contributed by atoms with Crippen LogP contribution in [0.3, 0.4) is 0 Å². The van der Waals surface area contributed by atoms with Gasteiger partial charge in [0.1, 0.15) is 0 Å². The highest BCUT2D eigenvalue weighted by Crippen LogP contribution is 2.47. The van der Waals surface area contributed by atoms with Crippen molar-refractivity contribution in [3.05, 3.63) is 94.4 Å². The van der Waals surface area contributed by atoms with Crippen LogP contribution in [0.2, 0.25) is 0 Å². The fraction of sp³-hybridized carbons (Fsp3) is 0.333. The van der Waals surface area contributed by atoms with E-state index in [2.05, 4.69) is 10.2 Å². The Hall–Kier alpha value is -3.22. The largest absolute Gasteiger partial charge is 0.396 e. The lowest BCUT2D eigenvalue weighted by Crippen LogP contribution is -2.44. The topological polar surface area (TPSA) is 74.6 Å². The van der Waals surface area contributed by atoms with E-state index in [1.807, 2.05) is 91.3 Å². The Balaban J connectivity index is 1.51. The molecule has 6 nitrogen and oxygen atoms in total. The molecule has 3 aromatic rings. The van der Waals surface area contributed by atoms with Gasteiger partial charge in [0.2, 0.25) is 5.91 Å². The van der Waals surface area contributed by atoms with Gasteiger partial charge in [-0.2, -0.15) is 0 Å². The normalized spacial score (nSPS) is 24.8. The number of carbonyl (C=O) groups excluding carboxylic acids is 1. The molecule has 0 spiro atoms. The standard InChI is InChI=1S/C27H29N3O3/c1-17(18-9-5-3-6-10-18)28-26(32)24-21(16-31)23-15-30-22(25(24)29(23)2)14-13-20(27(30)33)19-11-7-4-8-12-19/h3-14,17,21,23-25,31H,15-16H2,1-2H3,(H,28,32)/t17-,21+,23+,24-,25-/m0/s1. The zero-order valence-corrected chi connectivity index (χ0v) is 18.9. The lowest BCUT2D eigenvalue weighted by molar-refractivity contribution is -0.128. The van der Waals surface area contributed by atoms with E-state index in [1.165, 1.54) is 0 Å². The van der Waals surface area contributed by atoms with Crippen LogP contribution in [0.5, 0.6) is 0 Å². The minimum Gasteiger partial charge on any atom is -0.396 e. The number of nitrogens with one attached hydrogen (secondary N) is 1. The molecular formula is C27H29N3O3. The number of fused-ring (bicyclic) bond motifs is 4. The number of aliphatic hydroxyl groups excluding tert-OH is 1. The molecule has 1 fully saturated rings. The average molecular weight is 444 g/mol. The maximum absolute atomic E-state index is 13.5. The zero-order valence-electron chi connectivity index (χ0n) is 18.9. The Bertz CT molecular complexity index is 1210. The van der Waals surface area contributed by atoms with Gasteiger partial charge in [0, 0.05) is 36.4 Å². The average Bonchev–Trinajstić information content (AvgIpc) is 3.02. The van der Waals surface area contributed by atoms with Crippen LogP contribution >= 0.6 is 0 Å². The van der Waals surface area contributed by atoms with Gasteiger partial charge in [-0.25, -0.2) is 0 Å². The summed E-state index contributed by atoms with van der Waals surface area (Å²) in [5.74, 6) is -0.771. The van der Waals surface area contributed by atoms with E-state index in [0.29, 0.717) is 12.1 Å². The third-order valence-electron chi connectivity index (χ3n) is 7.39. The summed E-state index contributed by atoms with van der Waals surface area (Å²) in [6.45, 7) is 2.33. The van der Waals surface area contributed by atoms with Crippen molar-refractivity contribution >= 4 is 5.91 Å². The SMILES string of the molecule is C[C@H](NC(=O)[C@H]1[C@H](CO)[C@H]2Cn3c(ccc(-c4ccccc4)c3=O)[C@@H]1N2C)c1ccccc1. The van der Waals surface area contributed by atoms with Gasteiger partial charge in [-0.15, -0.1) is 0 Å². The highest BCUT2D eigenvalue weighted by atomic mass is 16.3. The Morgan fingerprint density at radius 1 is 1.06 bits per heavy atom. The maximum atomic E-state index is 13.5. The van der Waals surface area contributed by atoms with Crippen molar-refractivity contribution in [1.82, 2.24) is 14.8 Å². The second kappa shape index (κ2) is 8.61. The van der Waals surface area contributed by atoms with Gasteiger partial charge in [-0.05, 0) is 37.2 Å². The van der Waals surface area contributed by atoms with E-state index in [0.717, 1.165) is 16.8 Å². The van der Waals surface area contributed by atoms with Gasteiger partial charge in [0.25, 0.3) is 5.56 Å². The Morgan fingerprint density at radius 3 is 2.39 bits per heavy atom. The third-order valence-corrected chi connectivity index (χ3v) is 7.39. The molecule has 33 heavy (non-hydrogen) atoms. The lowest BCUT2D eigenvalue weighted by Gasteiger charge is -2.35. The number of pyridine rings is 1. The van der Waals surface area contributed by atoms with Gasteiger partial charge in [0.05, 0.1) is 18.0 Å². The summed E-state index contributed by atoms with van der Waals surface area (Å²) in [5.41, 5.74) is 3.36. The van der Waals surface area contributed by atoms with Crippen LogP contribution in [-0.2, 0) is 11.3 Å². The fourth-order valence-corrected chi connectivity index (χ4v) is 5.66. The molecule has 2 aliphatic heterocycles. The fourth-order valence-electron chi connectivity index (χ4n) is 5.66. The van der Waals surface area contributed by atoms with Crippen molar-refractivity contribution in [2.24, 2.45) is 11.8 Å². The molecule has 1 saturated heterocycles. The molecular weight excluding hydrogens is 414 g/mol. The van der Waals surface area contributed by atoms with Crippen LogP contribution < -0.4 is 10.9 Å². The number of benzene rings is 2. The van der Waals surface area contributed by atoms with Crippen LogP contribution in [0.1, 0.15) is 30.3 Å². The molecule has 170 valence electrons. The first kappa shape index (κ1) is 21.6. The molecule has 2 aliphatic rings. The first-order chi connectivity index (χ1) is 16.0. The summed E-state index contributed by atoms with van der Waals surface area (Å²) in [5, 5.41) is 13.4. The van der Waals surface area contributed by atoms with Crippen molar-refractivity contribution in [3.8, 4) is 11.1 Å². The molecule has 2 aromatic carbocycles. The molecule has 0 radical (unpaired) electrons. The predicted octanol–water partition coefficient (Wildman–Crippen LogP) is 2.99. The van der Waals surface area contributed by atoms with Crippen LogP contribution in [0.25, 0.3) is 11.1 Å². The number of likely N-dealkylation sites (N-methyl/N-ethyl adjacent to an activating group) is 1. The molecule has 5 rings (SSSR count). The molecule has 2 bridgehead atoms. The van der Waals surface area contributed by atoms with Gasteiger partial charge >= 0.3 is 0 Å². The number of carbonyl (C=O) groups is 1. The molecule has 1 amide bonds. The first-order valence-corrected chi connectivity index (χ1v) is 11.5. The van der Waals surface area contributed by atoms with Crippen molar-refractivity contribution < 1.29 is 9.90 Å². The number of amides is 1. The zero-order chi connectivity index (χ0) is 23.1. The lowest BCUT2D eigenvalue weighted by atomic mass is 9.86. The predicted molar refractivity (Wildman–Crippen MR) is 127 cm³/mol. The smallest absolute Gasteiger partial charge is 0.258 e. The van der Waals surface area contributed by atoms with Gasteiger partial charge in [-0.3, -0.25) is 14.5 Å². The maximum Gasteiger partial charge on any atom is 0.258 e. The first-order valence-electron chi connectivity index (χ1n) is 11.5. The van der Waals surface area contributed by atoms with E-state index in [9.17, 15) is 14.7 Å². The molecule has 0 aliphatic carbocycles. The van der Waals surface area contributed by atoms with E-state index in [-0.39, 0.29) is 42.1 Å². The van der Waals surface area contributed by atoms with E-state index >= 15 is 0 Å². The minimum absolute atomic E-state index is 0.0443. The number of rotatable bonds is 5. The molecule has 5 atom stereocenters. The number of aliphatic hydroxyl groups is 1. The summed E-state index contributed by atoms with van der Waals surface area (Å²) in [7, 11) is 1.99. The summed E-state index contributed by atoms with van der Waals surface area (Å²) >= 11 is 0. The molecule has 6 heteroatoms. The summed E-state index contributed by atoms with van der Waals surface area (Å²) < 4.78 is 1.81. The Kier molecular flexibility index (Phi) is 5.64. The van der Waals surface area contributed by atoms with E-state index < -0.39 is 5.92 Å². The van der Waals surface area contributed by atoms with Crippen molar-refractivity contribution in [3.63, 3.8) is 0 Å². The van der Waals surface area contributed by atoms with Gasteiger partial charge in [0.15, 0.2) is 0 Å². The molecule has 2 N–H and O–H groups in total. The quantitative estimate of drug-likeness (QED) is 0.636. The third kappa shape index (κ3) is 3.59. The Morgan fingerprint density at radius 2 is 1.73 bits per heavy atom. The van der Waals surface area contributed by atoms with Crippen molar-refractivity contribution in [2.45, 2.75) is 31.6 Å². The second-order valence-electron chi connectivity index (χ2n) is 9.14. The molecule has 1 aromatic heterocycles.